The van der Waals surface area contributed by atoms with Gasteiger partial charge in [-0.25, -0.2) is 0 Å². The summed E-state index contributed by atoms with van der Waals surface area (Å²) >= 11 is 0. The Morgan fingerprint density at radius 2 is 2.13 bits per heavy atom. The zero-order chi connectivity index (χ0) is 10.9. The number of hydrogen-bond donors (Lipinski definition) is 3. The molecule has 0 bridgehead atoms. The van der Waals surface area contributed by atoms with Gasteiger partial charge in [-0.3, -0.25) is 4.79 Å². The zero-order valence-corrected chi connectivity index (χ0v) is 8.36. The summed E-state index contributed by atoms with van der Waals surface area (Å²) in [6, 6.07) is 6.68. The Bertz CT molecular complexity index is 386. The second-order valence-electron chi connectivity index (χ2n) is 3.96. The van der Waals surface area contributed by atoms with Crippen LogP contribution in [0.15, 0.2) is 24.3 Å². The van der Waals surface area contributed by atoms with Crippen LogP contribution in [0, 0.1) is 5.41 Å². The van der Waals surface area contributed by atoms with E-state index < -0.39 is 0 Å². The lowest BCUT2D eigenvalue weighted by atomic mass is 10.1. The normalized spacial score (nSPS) is 17.1. The molecule has 1 aliphatic carbocycles. The summed E-state index contributed by atoms with van der Waals surface area (Å²) in [5.74, 6) is -0.00910. The number of para-hydroxylation sites is 2. The summed E-state index contributed by atoms with van der Waals surface area (Å²) in [6.07, 6.45) is 1.67. The van der Waals surface area contributed by atoms with Gasteiger partial charge in [-0.15, -0.1) is 0 Å². The van der Waals surface area contributed by atoms with E-state index in [0.29, 0.717) is 12.2 Å². The summed E-state index contributed by atoms with van der Waals surface area (Å²) in [4.78, 5) is 11.8. The fourth-order valence-corrected chi connectivity index (χ4v) is 1.51. The number of rotatable bonds is 3. The van der Waals surface area contributed by atoms with Crippen molar-refractivity contribution < 1.29 is 9.90 Å². The summed E-state index contributed by atoms with van der Waals surface area (Å²) in [5.41, 5.74) is 5.60. The molecule has 4 N–H and O–H groups in total. The number of amides is 1. The van der Waals surface area contributed by atoms with E-state index in [1.54, 1.807) is 18.2 Å². The van der Waals surface area contributed by atoms with E-state index >= 15 is 0 Å². The number of nitrogens with two attached hydrogens (primary N) is 1. The Labute approximate surface area is 88.1 Å². The number of hydrogen-bond acceptors (Lipinski definition) is 3. The van der Waals surface area contributed by atoms with Crippen LogP contribution in [-0.4, -0.2) is 17.6 Å². The molecule has 2 rings (SSSR count). The largest absolute Gasteiger partial charge is 0.506 e. The highest BCUT2D eigenvalue weighted by molar-refractivity contribution is 5.98. The highest BCUT2D eigenvalue weighted by Gasteiger charge is 2.48. The molecule has 1 aliphatic rings. The maximum atomic E-state index is 11.8. The van der Waals surface area contributed by atoms with Crippen molar-refractivity contribution in [1.29, 1.82) is 0 Å². The molecular formula is C11H14N2O2. The predicted octanol–water partition coefficient (Wildman–Crippen LogP) is 1.07. The quantitative estimate of drug-likeness (QED) is 0.647. The van der Waals surface area contributed by atoms with Gasteiger partial charge in [0.05, 0.1) is 11.1 Å². The van der Waals surface area contributed by atoms with E-state index in [1.165, 1.54) is 6.07 Å². The molecule has 0 saturated heterocycles. The van der Waals surface area contributed by atoms with Crippen LogP contribution < -0.4 is 11.1 Å². The topological polar surface area (TPSA) is 75.4 Å². The first kappa shape index (κ1) is 9.98. The average Bonchev–Trinajstić information content (AvgIpc) is 3.02. The van der Waals surface area contributed by atoms with Gasteiger partial charge in [-0.05, 0) is 25.0 Å². The predicted molar refractivity (Wildman–Crippen MR) is 57.5 cm³/mol. The third kappa shape index (κ3) is 1.80. The van der Waals surface area contributed by atoms with E-state index in [-0.39, 0.29) is 17.1 Å². The molecular weight excluding hydrogens is 192 g/mol. The van der Waals surface area contributed by atoms with Crippen LogP contribution in [0.4, 0.5) is 5.69 Å². The van der Waals surface area contributed by atoms with Crippen molar-refractivity contribution in [2.45, 2.75) is 12.8 Å². The van der Waals surface area contributed by atoms with Gasteiger partial charge in [0, 0.05) is 6.54 Å². The second kappa shape index (κ2) is 3.55. The molecule has 4 heteroatoms. The van der Waals surface area contributed by atoms with Gasteiger partial charge in [-0.1, -0.05) is 12.1 Å². The van der Waals surface area contributed by atoms with Crippen molar-refractivity contribution in [3.63, 3.8) is 0 Å². The molecule has 0 radical (unpaired) electrons. The molecule has 1 aromatic rings. The summed E-state index contributed by atoms with van der Waals surface area (Å²) < 4.78 is 0. The third-order valence-electron chi connectivity index (χ3n) is 2.88. The number of carbonyl (C=O) groups excluding carboxylic acids is 1. The van der Waals surface area contributed by atoms with Gasteiger partial charge in [0.25, 0.3) is 0 Å². The fraction of sp³-hybridized carbons (Fsp3) is 0.364. The lowest BCUT2D eigenvalue weighted by Crippen LogP contribution is -2.30. The number of anilines is 1. The first-order valence-electron chi connectivity index (χ1n) is 4.97. The molecule has 1 fully saturated rings. The van der Waals surface area contributed by atoms with Crippen LogP contribution in [-0.2, 0) is 4.79 Å². The fourth-order valence-electron chi connectivity index (χ4n) is 1.51. The van der Waals surface area contributed by atoms with Crippen molar-refractivity contribution in [3.8, 4) is 5.75 Å². The number of aromatic hydroxyl groups is 1. The highest BCUT2D eigenvalue weighted by atomic mass is 16.3. The Hall–Kier alpha value is -1.55. The molecule has 0 unspecified atom stereocenters. The second-order valence-corrected chi connectivity index (χ2v) is 3.96. The molecule has 0 aromatic heterocycles. The monoisotopic (exact) mass is 206 g/mol. The van der Waals surface area contributed by atoms with Crippen molar-refractivity contribution in [2.24, 2.45) is 11.1 Å². The Morgan fingerprint density at radius 1 is 1.47 bits per heavy atom. The van der Waals surface area contributed by atoms with E-state index in [2.05, 4.69) is 5.32 Å². The van der Waals surface area contributed by atoms with Gasteiger partial charge in [0.2, 0.25) is 5.91 Å². The Balaban J connectivity index is 2.10. The van der Waals surface area contributed by atoms with Crippen molar-refractivity contribution in [1.82, 2.24) is 0 Å². The first-order chi connectivity index (χ1) is 7.18. The molecule has 0 atom stereocenters. The standard InChI is InChI=1S/C11H14N2O2/c12-7-11(5-6-11)10(15)13-8-3-1-2-4-9(8)14/h1-4,14H,5-7,12H2,(H,13,15). The number of phenolic OH excluding ortho intramolecular Hbond substituents is 1. The van der Waals surface area contributed by atoms with Crippen LogP contribution in [0.25, 0.3) is 0 Å². The van der Waals surface area contributed by atoms with Gasteiger partial charge in [0.1, 0.15) is 5.75 Å². The zero-order valence-electron chi connectivity index (χ0n) is 8.36. The van der Waals surface area contributed by atoms with Crippen LogP contribution >= 0.6 is 0 Å². The molecule has 0 aliphatic heterocycles. The minimum absolute atomic E-state index is 0.0821. The summed E-state index contributed by atoms with van der Waals surface area (Å²) in [6.45, 7) is 0.367. The van der Waals surface area contributed by atoms with E-state index in [0.717, 1.165) is 12.8 Å². The molecule has 15 heavy (non-hydrogen) atoms. The molecule has 1 aromatic carbocycles. The van der Waals surface area contributed by atoms with Gasteiger partial charge >= 0.3 is 0 Å². The highest BCUT2D eigenvalue weighted by Crippen LogP contribution is 2.45. The lowest BCUT2D eigenvalue weighted by Gasteiger charge is -2.13. The minimum Gasteiger partial charge on any atom is -0.506 e. The maximum absolute atomic E-state index is 11.8. The minimum atomic E-state index is -0.387. The Morgan fingerprint density at radius 3 is 2.67 bits per heavy atom. The van der Waals surface area contributed by atoms with E-state index in [1.807, 2.05) is 0 Å². The number of carbonyl (C=O) groups is 1. The molecule has 0 heterocycles. The lowest BCUT2D eigenvalue weighted by molar-refractivity contribution is -0.120. The van der Waals surface area contributed by atoms with Crippen LogP contribution in [0.3, 0.4) is 0 Å². The van der Waals surface area contributed by atoms with Crippen LogP contribution in [0.5, 0.6) is 5.75 Å². The van der Waals surface area contributed by atoms with Crippen molar-refractivity contribution in [2.75, 3.05) is 11.9 Å². The molecule has 80 valence electrons. The number of benzene rings is 1. The molecule has 4 nitrogen and oxygen atoms in total. The first-order valence-corrected chi connectivity index (χ1v) is 4.97. The summed E-state index contributed by atoms with van der Waals surface area (Å²) in [5, 5.41) is 12.2. The molecule has 1 saturated carbocycles. The Kier molecular flexibility index (Phi) is 2.36. The van der Waals surface area contributed by atoms with E-state index in [4.69, 9.17) is 5.73 Å². The van der Waals surface area contributed by atoms with Crippen LogP contribution in [0.1, 0.15) is 12.8 Å². The summed E-state index contributed by atoms with van der Waals surface area (Å²) in [7, 11) is 0. The smallest absolute Gasteiger partial charge is 0.231 e. The van der Waals surface area contributed by atoms with Crippen molar-refractivity contribution in [3.05, 3.63) is 24.3 Å². The van der Waals surface area contributed by atoms with Gasteiger partial charge < -0.3 is 16.2 Å². The third-order valence-corrected chi connectivity index (χ3v) is 2.88. The molecule has 1 amide bonds. The van der Waals surface area contributed by atoms with Crippen molar-refractivity contribution >= 4 is 11.6 Å². The molecule has 0 spiro atoms. The average molecular weight is 206 g/mol. The van der Waals surface area contributed by atoms with Gasteiger partial charge in [-0.2, -0.15) is 0 Å². The maximum Gasteiger partial charge on any atom is 0.231 e. The number of nitrogens with one attached hydrogen (secondary N) is 1. The van der Waals surface area contributed by atoms with E-state index in [9.17, 15) is 9.90 Å². The number of phenols is 1. The van der Waals surface area contributed by atoms with Gasteiger partial charge in [0.15, 0.2) is 0 Å². The van der Waals surface area contributed by atoms with Crippen LogP contribution in [0.2, 0.25) is 0 Å². The SMILES string of the molecule is NCC1(C(=O)Nc2ccccc2O)CC1.